The highest BCUT2D eigenvalue weighted by Crippen LogP contribution is 2.23. The summed E-state index contributed by atoms with van der Waals surface area (Å²) < 4.78 is 26.9. The summed E-state index contributed by atoms with van der Waals surface area (Å²) in [5.74, 6) is -1.22. The molecule has 0 amide bonds. The number of rotatable bonds is 5. The second-order valence-electron chi connectivity index (χ2n) is 4.38. The number of sulfonamides is 1. The van der Waals surface area contributed by atoms with E-state index < -0.39 is 16.0 Å². The van der Waals surface area contributed by atoms with Crippen LogP contribution < -0.4 is 9.60 Å². The minimum atomic E-state index is -3.89. The van der Waals surface area contributed by atoms with E-state index in [0.717, 1.165) is 11.3 Å². The summed E-state index contributed by atoms with van der Waals surface area (Å²) in [6, 6.07) is 0. The zero-order valence-corrected chi connectivity index (χ0v) is 12.8. The number of hydrogen-bond acceptors (Lipinski definition) is 5. The van der Waals surface area contributed by atoms with Crippen molar-refractivity contribution in [1.29, 1.82) is 0 Å². The van der Waals surface area contributed by atoms with Crippen LogP contribution in [0.1, 0.15) is 27.4 Å². The first-order valence-corrected chi connectivity index (χ1v) is 8.17. The van der Waals surface area contributed by atoms with Crippen LogP contribution >= 0.6 is 11.3 Å². The number of carboxylic acids is 1. The first-order valence-electron chi connectivity index (χ1n) is 5.81. The average molecular weight is 331 g/mol. The number of aromatic carboxylic acids is 1. The Morgan fingerprint density at radius 1 is 1.38 bits per heavy atom. The summed E-state index contributed by atoms with van der Waals surface area (Å²) in [4.78, 5) is 26.7. The molecule has 2 aromatic heterocycles. The van der Waals surface area contributed by atoms with Gasteiger partial charge in [0.25, 0.3) is 0 Å². The van der Waals surface area contributed by atoms with Gasteiger partial charge in [-0.25, -0.2) is 17.9 Å². The molecular formula is C11H13N3O5S2. The van der Waals surface area contributed by atoms with Crippen LogP contribution in [0.15, 0.2) is 15.1 Å². The molecule has 0 aromatic carbocycles. The second-order valence-corrected chi connectivity index (χ2v) is 6.93. The monoisotopic (exact) mass is 331 g/mol. The Balaban J connectivity index is 2.31. The van der Waals surface area contributed by atoms with Crippen LogP contribution in [0, 0.1) is 13.8 Å². The summed E-state index contributed by atoms with van der Waals surface area (Å²) in [5.41, 5.74) is 0.678. The molecule has 0 spiro atoms. The Bertz CT molecular complexity index is 844. The number of hydrogen-bond donors (Lipinski definition) is 4. The van der Waals surface area contributed by atoms with E-state index in [2.05, 4.69) is 14.7 Å². The third kappa shape index (κ3) is 3.06. The highest BCUT2D eigenvalue weighted by Gasteiger charge is 2.26. The summed E-state index contributed by atoms with van der Waals surface area (Å²) in [5, 5.41) is 10.5. The second kappa shape index (κ2) is 5.47. The normalized spacial score (nSPS) is 11.7. The van der Waals surface area contributed by atoms with Crippen molar-refractivity contribution >= 4 is 27.3 Å². The van der Waals surface area contributed by atoms with Crippen LogP contribution in [-0.2, 0) is 16.6 Å². The fraction of sp³-hybridized carbons (Fsp3) is 0.273. The molecule has 0 aliphatic heterocycles. The predicted octanol–water partition coefficient (Wildman–Crippen LogP) is 0.558. The van der Waals surface area contributed by atoms with Crippen LogP contribution in [0.4, 0.5) is 0 Å². The molecule has 0 saturated carbocycles. The van der Waals surface area contributed by atoms with E-state index in [1.807, 2.05) is 0 Å². The van der Waals surface area contributed by atoms with E-state index >= 15 is 0 Å². The predicted molar refractivity (Wildman–Crippen MR) is 76.2 cm³/mol. The first kappa shape index (κ1) is 15.5. The maximum Gasteiger partial charge on any atom is 0.352 e. The maximum atomic E-state index is 12.3. The number of aryl methyl sites for hydroxylation is 1. The van der Waals surface area contributed by atoms with Gasteiger partial charge in [-0.3, -0.25) is 4.79 Å². The zero-order valence-electron chi connectivity index (χ0n) is 11.2. The van der Waals surface area contributed by atoms with Crippen molar-refractivity contribution in [2.45, 2.75) is 25.3 Å². The van der Waals surface area contributed by atoms with E-state index in [0.29, 0.717) is 5.69 Å². The number of aromatic amines is 2. The van der Waals surface area contributed by atoms with Gasteiger partial charge < -0.3 is 15.1 Å². The van der Waals surface area contributed by atoms with Crippen molar-refractivity contribution in [3.63, 3.8) is 0 Å². The van der Waals surface area contributed by atoms with Crippen molar-refractivity contribution in [3.8, 4) is 0 Å². The molecule has 0 aliphatic rings. The molecule has 0 saturated heterocycles. The molecule has 0 bridgehead atoms. The molecule has 0 unspecified atom stereocenters. The molecule has 2 aromatic rings. The average Bonchev–Trinajstić information content (AvgIpc) is 2.91. The summed E-state index contributed by atoms with van der Waals surface area (Å²) in [6.45, 7) is 2.84. The quantitative estimate of drug-likeness (QED) is 0.635. The summed E-state index contributed by atoms with van der Waals surface area (Å²) >= 11 is 0.935. The molecule has 114 valence electrons. The van der Waals surface area contributed by atoms with Gasteiger partial charge in [0.15, 0.2) is 0 Å². The topological polar surface area (TPSA) is 132 Å². The lowest BCUT2D eigenvalue weighted by atomic mass is 10.2. The van der Waals surface area contributed by atoms with Crippen LogP contribution in [0.25, 0.3) is 0 Å². The van der Waals surface area contributed by atoms with Gasteiger partial charge in [-0.1, -0.05) is 11.3 Å². The Kier molecular flexibility index (Phi) is 4.03. The lowest BCUT2D eigenvalue weighted by molar-refractivity contribution is 0.0690. The minimum absolute atomic E-state index is 0.0759. The van der Waals surface area contributed by atoms with E-state index in [-0.39, 0.29) is 33.3 Å². The molecule has 21 heavy (non-hydrogen) atoms. The van der Waals surface area contributed by atoms with E-state index in [1.165, 1.54) is 19.2 Å². The van der Waals surface area contributed by atoms with Crippen LogP contribution in [-0.4, -0.2) is 29.5 Å². The molecule has 4 N–H and O–H groups in total. The highest BCUT2D eigenvalue weighted by molar-refractivity contribution is 7.89. The van der Waals surface area contributed by atoms with Crippen LogP contribution in [0.5, 0.6) is 0 Å². The Morgan fingerprint density at radius 3 is 2.52 bits per heavy atom. The van der Waals surface area contributed by atoms with Gasteiger partial charge in [-0.2, -0.15) is 0 Å². The number of H-pyrrole nitrogens is 2. The van der Waals surface area contributed by atoms with E-state index in [4.69, 9.17) is 5.11 Å². The number of carbonyl (C=O) groups is 1. The van der Waals surface area contributed by atoms with Crippen LogP contribution in [0.3, 0.4) is 0 Å². The summed E-state index contributed by atoms with van der Waals surface area (Å²) in [7, 11) is -3.89. The molecular weight excluding hydrogens is 318 g/mol. The van der Waals surface area contributed by atoms with Crippen molar-refractivity contribution in [2.75, 3.05) is 0 Å². The highest BCUT2D eigenvalue weighted by atomic mass is 32.2. The third-order valence-corrected chi connectivity index (χ3v) is 5.27. The van der Waals surface area contributed by atoms with Gasteiger partial charge in [0.2, 0.25) is 10.0 Å². The standard InChI is InChI=1S/C11H13N3O5S2/c1-5-8(10(15)16)13-6(2)9(5)21(18,19)12-3-7-4-20-11(17)14-7/h4,12-13H,3H2,1-2H3,(H,14,17)(H,15,16). The Labute approximate surface area is 123 Å². The fourth-order valence-electron chi connectivity index (χ4n) is 2.00. The van der Waals surface area contributed by atoms with Crippen molar-refractivity contribution < 1.29 is 18.3 Å². The smallest absolute Gasteiger partial charge is 0.352 e. The molecule has 2 heterocycles. The third-order valence-electron chi connectivity index (χ3n) is 2.87. The van der Waals surface area contributed by atoms with Crippen molar-refractivity contribution in [1.82, 2.24) is 14.7 Å². The number of aromatic nitrogens is 2. The number of carboxylic acid groups (broad SMARTS) is 1. The van der Waals surface area contributed by atoms with Gasteiger partial charge in [-0.05, 0) is 13.8 Å². The number of thiazole rings is 1. The lowest BCUT2D eigenvalue weighted by Crippen LogP contribution is -2.24. The summed E-state index contributed by atoms with van der Waals surface area (Å²) in [6.07, 6.45) is 0. The van der Waals surface area contributed by atoms with Crippen molar-refractivity contribution in [3.05, 3.63) is 37.7 Å². The molecule has 0 radical (unpaired) electrons. The lowest BCUT2D eigenvalue weighted by Gasteiger charge is -2.06. The molecule has 2 rings (SSSR count). The molecule has 8 nitrogen and oxygen atoms in total. The maximum absolute atomic E-state index is 12.3. The van der Waals surface area contributed by atoms with Crippen LogP contribution in [0.2, 0.25) is 0 Å². The molecule has 0 aliphatic carbocycles. The van der Waals surface area contributed by atoms with E-state index in [1.54, 1.807) is 0 Å². The molecule has 10 heteroatoms. The Morgan fingerprint density at radius 2 is 2.05 bits per heavy atom. The largest absolute Gasteiger partial charge is 0.477 e. The SMILES string of the molecule is Cc1[nH]c(C(=O)O)c(C)c1S(=O)(=O)NCc1csc(=O)[nH]1. The van der Waals surface area contributed by atoms with Gasteiger partial charge in [-0.15, -0.1) is 0 Å². The fourth-order valence-corrected chi connectivity index (χ4v) is 4.03. The van der Waals surface area contributed by atoms with Crippen molar-refractivity contribution in [2.24, 2.45) is 0 Å². The first-order chi connectivity index (χ1) is 9.72. The minimum Gasteiger partial charge on any atom is -0.477 e. The van der Waals surface area contributed by atoms with E-state index in [9.17, 15) is 18.0 Å². The van der Waals surface area contributed by atoms with Gasteiger partial charge in [0.05, 0.1) is 6.54 Å². The van der Waals surface area contributed by atoms with Gasteiger partial charge >= 0.3 is 10.8 Å². The van der Waals surface area contributed by atoms with Gasteiger partial charge in [0.1, 0.15) is 10.6 Å². The zero-order chi connectivity index (χ0) is 15.8. The van der Waals surface area contributed by atoms with Gasteiger partial charge in [0, 0.05) is 22.3 Å². The Hall–Kier alpha value is -1.91. The molecule has 0 atom stereocenters. The number of nitrogens with one attached hydrogen (secondary N) is 3. The molecule has 0 fully saturated rings.